The fourth-order valence-electron chi connectivity index (χ4n) is 1.33. The first-order valence-corrected chi connectivity index (χ1v) is 5.31. The van der Waals surface area contributed by atoms with Crippen molar-refractivity contribution >= 4 is 6.09 Å². The topological polar surface area (TPSA) is 40.5 Å². The van der Waals surface area contributed by atoms with E-state index in [0.717, 1.165) is 12.8 Å². The van der Waals surface area contributed by atoms with Gasteiger partial charge in [-0.15, -0.1) is 6.58 Å². The Morgan fingerprint density at radius 2 is 2.00 bits per heavy atom. The molecule has 0 bridgehead atoms. The zero-order chi connectivity index (χ0) is 10.8. The molecular weight excluding hydrogens is 178 g/mol. The first-order valence-electron chi connectivity index (χ1n) is 5.31. The Labute approximate surface area is 86.4 Å². The van der Waals surface area contributed by atoms with Gasteiger partial charge in [-0.25, -0.2) is 4.79 Å². The largest absolute Gasteiger partial charge is 0.465 e. The van der Waals surface area contributed by atoms with Crippen LogP contribution in [0.2, 0.25) is 0 Å². The van der Waals surface area contributed by atoms with E-state index in [9.17, 15) is 4.79 Å². The van der Waals surface area contributed by atoms with Gasteiger partial charge in [0.25, 0.3) is 0 Å². The molecule has 0 aliphatic rings. The van der Waals surface area contributed by atoms with Crippen molar-refractivity contribution in [3.8, 4) is 0 Å². The summed E-state index contributed by atoms with van der Waals surface area (Å²) >= 11 is 0. The Morgan fingerprint density at radius 1 is 1.36 bits per heavy atom. The number of carboxylic acid groups (broad SMARTS) is 1. The second-order valence-corrected chi connectivity index (χ2v) is 3.43. The second-order valence-electron chi connectivity index (χ2n) is 3.43. The van der Waals surface area contributed by atoms with Gasteiger partial charge >= 0.3 is 6.09 Å². The van der Waals surface area contributed by atoms with Gasteiger partial charge in [-0.05, 0) is 6.42 Å². The van der Waals surface area contributed by atoms with Crippen LogP contribution in [0, 0.1) is 0 Å². The summed E-state index contributed by atoms with van der Waals surface area (Å²) in [5.41, 5.74) is 0. The molecule has 82 valence electrons. The van der Waals surface area contributed by atoms with E-state index in [0.29, 0.717) is 13.1 Å². The van der Waals surface area contributed by atoms with Crippen LogP contribution in [0.1, 0.15) is 39.0 Å². The van der Waals surface area contributed by atoms with Gasteiger partial charge in [-0.3, -0.25) is 0 Å². The van der Waals surface area contributed by atoms with Crippen LogP contribution in [0.15, 0.2) is 12.7 Å². The van der Waals surface area contributed by atoms with Crippen LogP contribution >= 0.6 is 0 Å². The van der Waals surface area contributed by atoms with Crippen molar-refractivity contribution in [2.24, 2.45) is 0 Å². The minimum absolute atomic E-state index is 0.434. The van der Waals surface area contributed by atoms with Crippen LogP contribution in [-0.4, -0.2) is 29.2 Å². The van der Waals surface area contributed by atoms with E-state index in [4.69, 9.17) is 5.11 Å². The van der Waals surface area contributed by atoms with Crippen LogP contribution in [0.4, 0.5) is 4.79 Å². The maximum Gasteiger partial charge on any atom is 0.407 e. The zero-order valence-electron chi connectivity index (χ0n) is 9.04. The minimum Gasteiger partial charge on any atom is -0.465 e. The maximum atomic E-state index is 10.7. The standard InChI is InChI=1S/C11H21NO2/c1-3-5-6-7-8-10-12(9-4-2)11(13)14/h4H,2-3,5-10H2,1H3,(H,13,14). The average Bonchev–Trinajstić information content (AvgIpc) is 2.15. The van der Waals surface area contributed by atoms with Gasteiger partial charge in [0.2, 0.25) is 0 Å². The molecule has 0 aromatic rings. The molecule has 0 aromatic heterocycles. The number of amides is 1. The molecule has 0 spiro atoms. The van der Waals surface area contributed by atoms with Gasteiger partial charge in [-0.2, -0.15) is 0 Å². The molecule has 3 nitrogen and oxygen atoms in total. The molecule has 0 fully saturated rings. The lowest BCUT2D eigenvalue weighted by atomic mass is 10.1. The third-order valence-corrected chi connectivity index (χ3v) is 2.15. The summed E-state index contributed by atoms with van der Waals surface area (Å²) in [6, 6.07) is 0. The highest BCUT2D eigenvalue weighted by atomic mass is 16.4. The molecule has 0 aromatic carbocycles. The number of nitrogens with zero attached hydrogens (tertiary/aromatic N) is 1. The van der Waals surface area contributed by atoms with Crippen molar-refractivity contribution in [1.29, 1.82) is 0 Å². The first kappa shape index (κ1) is 13.0. The molecule has 0 saturated carbocycles. The van der Waals surface area contributed by atoms with E-state index in [-0.39, 0.29) is 0 Å². The van der Waals surface area contributed by atoms with Crippen molar-refractivity contribution in [1.82, 2.24) is 4.90 Å². The summed E-state index contributed by atoms with van der Waals surface area (Å²) in [5, 5.41) is 8.79. The van der Waals surface area contributed by atoms with Gasteiger partial charge in [0.15, 0.2) is 0 Å². The first-order chi connectivity index (χ1) is 6.72. The Bertz CT molecular complexity index is 169. The lowest BCUT2D eigenvalue weighted by Gasteiger charge is -2.16. The summed E-state index contributed by atoms with van der Waals surface area (Å²) in [6.07, 6.45) is 6.53. The van der Waals surface area contributed by atoms with Crippen molar-refractivity contribution < 1.29 is 9.90 Å². The molecule has 1 amide bonds. The monoisotopic (exact) mass is 199 g/mol. The lowest BCUT2D eigenvalue weighted by Crippen LogP contribution is -2.30. The third kappa shape index (κ3) is 6.52. The van der Waals surface area contributed by atoms with Gasteiger partial charge < -0.3 is 10.0 Å². The van der Waals surface area contributed by atoms with Gasteiger partial charge in [0.1, 0.15) is 0 Å². The van der Waals surface area contributed by atoms with E-state index in [1.165, 1.54) is 24.2 Å². The number of unbranched alkanes of at least 4 members (excludes halogenated alkanes) is 4. The van der Waals surface area contributed by atoms with Gasteiger partial charge in [0, 0.05) is 13.1 Å². The van der Waals surface area contributed by atoms with E-state index in [2.05, 4.69) is 13.5 Å². The highest BCUT2D eigenvalue weighted by molar-refractivity contribution is 5.65. The van der Waals surface area contributed by atoms with Crippen LogP contribution in [0.25, 0.3) is 0 Å². The molecule has 0 aliphatic carbocycles. The molecule has 0 heterocycles. The van der Waals surface area contributed by atoms with E-state index >= 15 is 0 Å². The number of rotatable bonds is 8. The van der Waals surface area contributed by atoms with Crippen molar-refractivity contribution in [3.05, 3.63) is 12.7 Å². The molecule has 3 heteroatoms. The van der Waals surface area contributed by atoms with Crippen molar-refractivity contribution in [2.75, 3.05) is 13.1 Å². The summed E-state index contributed by atoms with van der Waals surface area (Å²) < 4.78 is 0. The Kier molecular flexibility index (Phi) is 7.99. The van der Waals surface area contributed by atoms with E-state index in [1.54, 1.807) is 6.08 Å². The van der Waals surface area contributed by atoms with Crippen LogP contribution < -0.4 is 0 Å². The van der Waals surface area contributed by atoms with Crippen LogP contribution in [-0.2, 0) is 0 Å². The molecule has 0 rings (SSSR count). The molecule has 0 aliphatic heterocycles. The SMILES string of the molecule is C=CCN(CCCCCCC)C(=O)O. The second kappa shape index (κ2) is 8.60. The molecule has 0 saturated heterocycles. The van der Waals surface area contributed by atoms with Crippen LogP contribution in [0.3, 0.4) is 0 Å². The summed E-state index contributed by atoms with van der Waals surface area (Å²) in [7, 11) is 0. The normalized spacial score (nSPS) is 9.79. The quantitative estimate of drug-likeness (QED) is 0.482. The number of hydrogen-bond donors (Lipinski definition) is 1. The highest BCUT2D eigenvalue weighted by Crippen LogP contribution is 2.04. The minimum atomic E-state index is -0.847. The maximum absolute atomic E-state index is 10.7. The van der Waals surface area contributed by atoms with Gasteiger partial charge in [-0.1, -0.05) is 38.7 Å². The van der Waals surface area contributed by atoms with E-state index < -0.39 is 6.09 Å². The molecular formula is C11H21NO2. The predicted octanol–water partition coefficient (Wildman–Crippen LogP) is 3.12. The molecule has 0 atom stereocenters. The number of hydrogen-bond acceptors (Lipinski definition) is 1. The number of carbonyl (C=O) groups is 1. The summed E-state index contributed by atoms with van der Waals surface area (Å²) in [6.45, 7) is 6.77. The fourth-order valence-corrected chi connectivity index (χ4v) is 1.33. The summed E-state index contributed by atoms with van der Waals surface area (Å²) in [5.74, 6) is 0. The molecule has 0 unspecified atom stereocenters. The highest BCUT2D eigenvalue weighted by Gasteiger charge is 2.07. The van der Waals surface area contributed by atoms with Gasteiger partial charge in [0.05, 0.1) is 0 Å². The average molecular weight is 199 g/mol. The van der Waals surface area contributed by atoms with E-state index in [1.807, 2.05) is 0 Å². The summed E-state index contributed by atoms with van der Waals surface area (Å²) in [4.78, 5) is 12.1. The zero-order valence-corrected chi connectivity index (χ0v) is 9.04. The molecule has 14 heavy (non-hydrogen) atoms. The van der Waals surface area contributed by atoms with Crippen LogP contribution in [0.5, 0.6) is 0 Å². The Balaban J connectivity index is 3.50. The Morgan fingerprint density at radius 3 is 2.50 bits per heavy atom. The molecule has 1 N–H and O–H groups in total. The molecule has 0 radical (unpaired) electrons. The third-order valence-electron chi connectivity index (χ3n) is 2.15. The predicted molar refractivity (Wildman–Crippen MR) is 58.6 cm³/mol. The smallest absolute Gasteiger partial charge is 0.407 e. The Hall–Kier alpha value is -0.990. The van der Waals surface area contributed by atoms with Crippen molar-refractivity contribution in [2.45, 2.75) is 39.0 Å². The fraction of sp³-hybridized carbons (Fsp3) is 0.727. The lowest BCUT2D eigenvalue weighted by molar-refractivity contribution is 0.149. The van der Waals surface area contributed by atoms with Crippen molar-refractivity contribution in [3.63, 3.8) is 0 Å².